The van der Waals surface area contributed by atoms with E-state index in [1.54, 1.807) is 0 Å². The van der Waals surface area contributed by atoms with Crippen LogP contribution in [0.5, 0.6) is 0 Å². The van der Waals surface area contributed by atoms with E-state index in [9.17, 15) is 14.9 Å². The van der Waals surface area contributed by atoms with Gasteiger partial charge in [-0.25, -0.2) is 4.79 Å². The lowest BCUT2D eigenvalue weighted by atomic mass is 10.1. The third-order valence-electron chi connectivity index (χ3n) is 3.09. The first-order valence-corrected chi connectivity index (χ1v) is 5.91. The molecule has 1 atom stereocenters. The Labute approximate surface area is 109 Å². The molecule has 1 aromatic rings. The van der Waals surface area contributed by atoms with Crippen molar-refractivity contribution in [3.8, 4) is 0 Å². The van der Waals surface area contributed by atoms with Gasteiger partial charge in [0.15, 0.2) is 0 Å². The molecule has 1 aliphatic rings. The Kier molecular flexibility index (Phi) is 3.27. The monoisotopic (exact) mass is 269 g/mol. The van der Waals surface area contributed by atoms with Gasteiger partial charge in [-0.3, -0.25) is 14.8 Å². The summed E-state index contributed by atoms with van der Waals surface area (Å²) in [5.74, 6) is -1.40. The molecule has 8 heteroatoms. The highest BCUT2D eigenvalue weighted by Crippen LogP contribution is 2.30. The quantitative estimate of drug-likeness (QED) is 0.654. The van der Waals surface area contributed by atoms with E-state index in [1.165, 1.54) is 4.68 Å². The Hall–Kier alpha value is -1.96. The van der Waals surface area contributed by atoms with Gasteiger partial charge in [0.05, 0.1) is 23.2 Å². The Morgan fingerprint density at radius 3 is 2.84 bits per heavy atom. The van der Waals surface area contributed by atoms with Crippen molar-refractivity contribution in [3.05, 3.63) is 22.0 Å². The predicted octanol–water partition coefficient (Wildman–Crippen LogP) is 1.45. The number of aromatic carboxylic acids is 1. The van der Waals surface area contributed by atoms with E-state index in [0.29, 0.717) is 6.54 Å². The largest absolute Gasteiger partial charge is 0.476 e. The van der Waals surface area contributed by atoms with Crippen molar-refractivity contribution in [3.63, 3.8) is 0 Å². The van der Waals surface area contributed by atoms with Gasteiger partial charge in [-0.05, 0) is 26.7 Å². The third-order valence-corrected chi connectivity index (χ3v) is 3.09. The van der Waals surface area contributed by atoms with Crippen LogP contribution in [0.4, 0.5) is 5.69 Å². The first-order valence-electron chi connectivity index (χ1n) is 5.91. The van der Waals surface area contributed by atoms with E-state index in [2.05, 4.69) is 5.10 Å². The lowest BCUT2D eigenvalue weighted by Crippen LogP contribution is -2.23. The van der Waals surface area contributed by atoms with Crippen LogP contribution in [0.25, 0.3) is 0 Å². The topological polar surface area (TPSA) is 107 Å². The summed E-state index contributed by atoms with van der Waals surface area (Å²) in [4.78, 5) is 20.9. The Morgan fingerprint density at radius 1 is 1.74 bits per heavy atom. The van der Waals surface area contributed by atoms with Crippen molar-refractivity contribution in [2.45, 2.75) is 44.9 Å². The molecule has 0 bridgehead atoms. The van der Waals surface area contributed by atoms with Gasteiger partial charge >= 0.3 is 11.7 Å². The van der Waals surface area contributed by atoms with Gasteiger partial charge < -0.3 is 9.84 Å². The third kappa shape index (κ3) is 2.90. The summed E-state index contributed by atoms with van der Waals surface area (Å²) in [5.41, 5.74) is -1.24. The molecule has 1 saturated heterocycles. The van der Waals surface area contributed by atoms with Crippen molar-refractivity contribution < 1.29 is 19.6 Å². The van der Waals surface area contributed by atoms with Gasteiger partial charge in [0.25, 0.3) is 0 Å². The van der Waals surface area contributed by atoms with Gasteiger partial charge in [0, 0.05) is 0 Å². The number of nitro groups is 1. The first kappa shape index (κ1) is 13.5. The summed E-state index contributed by atoms with van der Waals surface area (Å²) >= 11 is 0. The molecule has 1 unspecified atom stereocenters. The van der Waals surface area contributed by atoms with Crippen LogP contribution in [0.15, 0.2) is 6.20 Å². The van der Waals surface area contributed by atoms with Crippen molar-refractivity contribution in [1.82, 2.24) is 9.78 Å². The highest BCUT2D eigenvalue weighted by molar-refractivity contribution is 5.89. The van der Waals surface area contributed by atoms with E-state index < -0.39 is 22.3 Å². The molecule has 2 rings (SSSR count). The van der Waals surface area contributed by atoms with Crippen molar-refractivity contribution in [2.75, 3.05) is 0 Å². The second-order valence-electron chi connectivity index (χ2n) is 5.19. The molecular weight excluding hydrogens is 254 g/mol. The fraction of sp³-hybridized carbons (Fsp3) is 0.636. The summed E-state index contributed by atoms with van der Waals surface area (Å²) in [7, 11) is 0. The number of carboxylic acid groups (broad SMARTS) is 1. The standard InChI is InChI=1S/C11H15N3O5/c1-11(2)4-3-7(19-11)5-13-6-8(14(17)18)9(12-13)10(15)16/h6-7H,3-5H2,1-2H3,(H,15,16). The fourth-order valence-electron chi connectivity index (χ4n) is 2.21. The molecule has 0 spiro atoms. The Bertz CT molecular complexity index is 491. The zero-order valence-electron chi connectivity index (χ0n) is 10.7. The number of hydrogen-bond acceptors (Lipinski definition) is 5. The summed E-state index contributed by atoms with van der Waals surface area (Å²) in [6.07, 6.45) is 2.75. The van der Waals surface area contributed by atoms with Crippen LogP contribution in [0.3, 0.4) is 0 Å². The maximum absolute atomic E-state index is 10.9. The molecule has 2 heterocycles. The van der Waals surface area contributed by atoms with Crippen LogP contribution in [0.1, 0.15) is 37.2 Å². The van der Waals surface area contributed by atoms with Crippen LogP contribution >= 0.6 is 0 Å². The van der Waals surface area contributed by atoms with Crippen LogP contribution in [0.2, 0.25) is 0 Å². The van der Waals surface area contributed by atoms with Crippen LogP contribution < -0.4 is 0 Å². The lowest BCUT2D eigenvalue weighted by Gasteiger charge is -2.19. The molecule has 104 valence electrons. The van der Waals surface area contributed by atoms with Crippen LogP contribution in [-0.2, 0) is 11.3 Å². The summed E-state index contributed by atoms with van der Waals surface area (Å²) in [5, 5.41) is 23.3. The SMILES string of the molecule is CC1(C)CCC(Cn2cc([N+](=O)[O-])c(C(=O)O)n2)O1. The smallest absolute Gasteiger partial charge is 0.363 e. The number of aromatic nitrogens is 2. The number of carboxylic acids is 1. The van der Waals surface area contributed by atoms with Gasteiger partial charge in [-0.15, -0.1) is 0 Å². The Balaban J connectivity index is 2.16. The van der Waals surface area contributed by atoms with E-state index in [4.69, 9.17) is 9.84 Å². The first-order chi connectivity index (χ1) is 8.78. The molecular formula is C11H15N3O5. The lowest BCUT2D eigenvalue weighted by molar-refractivity contribution is -0.385. The van der Waals surface area contributed by atoms with Crippen LogP contribution in [-0.4, -0.2) is 37.5 Å². The molecule has 1 aliphatic heterocycles. The molecule has 0 saturated carbocycles. The summed E-state index contributed by atoms with van der Waals surface area (Å²) in [6.45, 7) is 4.26. The van der Waals surface area contributed by atoms with E-state index in [-0.39, 0.29) is 11.7 Å². The number of ether oxygens (including phenoxy) is 1. The average Bonchev–Trinajstić information content (AvgIpc) is 2.83. The van der Waals surface area contributed by atoms with E-state index in [1.807, 2.05) is 13.8 Å². The van der Waals surface area contributed by atoms with Gasteiger partial charge in [0.1, 0.15) is 6.20 Å². The van der Waals surface area contributed by atoms with E-state index in [0.717, 1.165) is 19.0 Å². The second-order valence-corrected chi connectivity index (χ2v) is 5.19. The maximum atomic E-state index is 10.9. The van der Waals surface area contributed by atoms with Crippen LogP contribution in [0, 0.1) is 10.1 Å². The predicted molar refractivity (Wildman–Crippen MR) is 64.0 cm³/mol. The van der Waals surface area contributed by atoms with Gasteiger partial charge in [-0.1, -0.05) is 0 Å². The molecule has 1 aromatic heterocycles. The molecule has 1 fully saturated rings. The fourth-order valence-corrected chi connectivity index (χ4v) is 2.21. The Morgan fingerprint density at radius 2 is 2.42 bits per heavy atom. The molecule has 0 amide bonds. The van der Waals surface area contributed by atoms with Crippen molar-refractivity contribution >= 4 is 11.7 Å². The normalized spacial score (nSPS) is 21.5. The number of rotatable bonds is 4. The summed E-state index contributed by atoms with van der Waals surface area (Å²) < 4.78 is 7.02. The minimum Gasteiger partial charge on any atom is -0.476 e. The zero-order chi connectivity index (χ0) is 14.2. The molecule has 0 aliphatic carbocycles. The average molecular weight is 269 g/mol. The molecule has 0 radical (unpaired) electrons. The van der Waals surface area contributed by atoms with E-state index >= 15 is 0 Å². The second kappa shape index (κ2) is 4.61. The molecule has 1 N–H and O–H groups in total. The molecule has 8 nitrogen and oxygen atoms in total. The van der Waals surface area contributed by atoms with Crippen molar-refractivity contribution in [1.29, 1.82) is 0 Å². The minimum absolute atomic E-state index is 0.101. The summed E-state index contributed by atoms with van der Waals surface area (Å²) in [6, 6.07) is 0. The highest BCUT2D eigenvalue weighted by Gasteiger charge is 2.33. The molecule has 19 heavy (non-hydrogen) atoms. The van der Waals surface area contributed by atoms with Gasteiger partial charge in [-0.2, -0.15) is 5.10 Å². The minimum atomic E-state index is -1.40. The number of carbonyl (C=O) groups is 1. The zero-order valence-corrected chi connectivity index (χ0v) is 10.7. The van der Waals surface area contributed by atoms with Crippen molar-refractivity contribution in [2.24, 2.45) is 0 Å². The highest BCUT2D eigenvalue weighted by atomic mass is 16.6. The van der Waals surface area contributed by atoms with Gasteiger partial charge in [0.2, 0.25) is 5.69 Å². The maximum Gasteiger partial charge on any atom is 0.363 e. The number of hydrogen-bond donors (Lipinski definition) is 1. The molecule has 0 aromatic carbocycles. The number of nitrogens with zero attached hydrogens (tertiary/aromatic N) is 3.